The van der Waals surface area contributed by atoms with Crippen molar-refractivity contribution in [2.45, 2.75) is 19.3 Å². The molecule has 0 unspecified atom stereocenters. The molecule has 1 aromatic rings. The van der Waals surface area contributed by atoms with Gasteiger partial charge in [0.15, 0.2) is 0 Å². The summed E-state index contributed by atoms with van der Waals surface area (Å²) in [4.78, 5) is 14.1. The maximum absolute atomic E-state index is 11.6. The van der Waals surface area contributed by atoms with Crippen LogP contribution in [0.4, 0.5) is 5.69 Å². The van der Waals surface area contributed by atoms with Gasteiger partial charge in [0.1, 0.15) is 0 Å². The Morgan fingerprint density at radius 2 is 2.00 bits per heavy atom. The Morgan fingerprint density at radius 3 is 2.74 bits per heavy atom. The Kier molecular flexibility index (Phi) is 5.21. The van der Waals surface area contributed by atoms with Gasteiger partial charge in [-0.2, -0.15) is 0 Å². The van der Waals surface area contributed by atoms with Crippen LogP contribution in [0.25, 0.3) is 0 Å². The van der Waals surface area contributed by atoms with E-state index < -0.39 is 0 Å². The van der Waals surface area contributed by atoms with Crippen LogP contribution in [0.3, 0.4) is 0 Å². The summed E-state index contributed by atoms with van der Waals surface area (Å²) in [5.74, 6) is -0.291. The highest BCUT2D eigenvalue weighted by Crippen LogP contribution is 2.16. The van der Waals surface area contributed by atoms with E-state index >= 15 is 0 Å². The molecule has 0 bridgehead atoms. The van der Waals surface area contributed by atoms with Crippen LogP contribution >= 0.6 is 0 Å². The van der Waals surface area contributed by atoms with E-state index in [9.17, 15) is 4.79 Å². The number of carbonyl (C=O) groups is 1. The number of para-hydroxylation sites is 1. The molecule has 0 saturated carbocycles. The van der Waals surface area contributed by atoms with Gasteiger partial charge in [-0.05, 0) is 38.1 Å². The van der Waals surface area contributed by atoms with Crippen LogP contribution in [0.1, 0.15) is 29.6 Å². The van der Waals surface area contributed by atoms with E-state index in [4.69, 9.17) is 4.74 Å². The van der Waals surface area contributed by atoms with Crippen molar-refractivity contribution in [3.63, 3.8) is 0 Å². The molecule has 0 amide bonds. The zero-order chi connectivity index (χ0) is 13.5. The molecule has 4 heteroatoms. The number of ether oxygens (including phenoxy) is 1. The lowest BCUT2D eigenvalue weighted by Crippen LogP contribution is -2.33. The number of hydrogen-bond acceptors (Lipinski definition) is 4. The fourth-order valence-corrected chi connectivity index (χ4v) is 2.46. The lowest BCUT2D eigenvalue weighted by atomic mass is 10.1. The number of piperidine rings is 1. The van der Waals surface area contributed by atoms with Gasteiger partial charge in [0, 0.05) is 18.8 Å². The second-order valence-electron chi connectivity index (χ2n) is 4.87. The Hall–Kier alpha value is -1.55. The zero-order valence-electron chi connectivity index (χ0n) is 11.5. The molecule has 1 aliphatic rings. The van der Waals surface area contributed by atoms with Crippen LogP contribution < -0.4 is 5.32 Å². The van der Waals surface area contributed by atoms with Crippen molar-refractivity contribution in [1.82, 2.24) is 4.90 Å². The molecule has 1 N–H and O–H groups in total. The van der Waals surface area contributed by atoms with Gasteiger partial charge in [0.2, 0.25) is 0 Å². The molecule has 0 spiro atoms. The lowest BCUT2D eigenvalue weighted by Gasteiger charge is -2.26. The third kappa shape index (κ3) is 3.96. The molecule has 0 radical (unpaired) electrons. The highest BCUT2D eigenvalue weighted by molar-refractivity contribution is 5.95. The first-order valence-electron chi connectivity index (χ1n) is 6.95. The third-order valence-electron chi connectivity index (χ3n) is 3.52. The number of anilines is 1. The quantitative estimate of drug-likeness (QED) is 0.827. The summed E-state index contributed by atoms with van der Waals surface area (Å²) in [5.41, 5.74) is 1.45. The van der Waals surface area contributed by atoms with Crippen molar-refractivity contribution in [3.8, 4) is 0 Å². The Labute approximate surface area is 114 Å². The SMILES string of the molecule is COC(=O)c1ccccc1NCCN1CCCCC1. The van der Waals surface area contributed by atoms with Crippen LogP contribution in [0.2, 0.25) is 0 Å². The first kappa shape index (κ1) is 13.9. The molecule has 19 heavy (non-hydrogen) atoms. The van der Waals surface area contributed by atoms with Crippen molar-refractivity contribution in [1.29, 1.82) is 0 Å². The fourth-order valence-electron chi connectivity index (χ4n) is 2.46. The van der Waals surface area contributed by atoms with Gasteiger partial charge in [0.25, 0.3) is 0 Å². The maximum Gasteiger partial charge on any atom is 0.339 e. The predicted molar refractivity (Wildman–Crippen MR) is 76.6 cm³/mol. The molecular formula is C15H22N2O2. The third-order valence-corrected chi connectivity index (χ3v) is 3.52. The van der Waals surface area contributed by atoms with E-state index in [-0.39, 0.29) is 5.97 Å². The summed E-state index contributed by atoms with van der Waals surface area (Å²) in [6.07, 6.45) is 3.96. The summed E-state index contributed by atoms with van der Waals surface area (Å²) in [7, 11) is 1.41. The number of hydrogen-bond donors (Lipinski definition) is 1. The Morgan fingerprint density at radius 1 is 1.26 bits per heavy atom. The van der Waals surface area contributed by atoms with Crippen molar-refractivity contribution in [2.24, 2.45) is 0 Å². The van der Waals surface area contributed by atoms with Crippen LogP contribution in [-0.4, -0.2) is 44.2 Å². The lowest BCUT2D eigenvalue weighted by molar-refractivity contribution is 0.0602. The van der Waals surface area contributed by atoms with Gasteiger partial charge < -0.3 is 15.0 Å². The van der Waals surface area contributed by atoms with Gasteiger partial charge >= 0.3 is 5.97 Å². The molecule has 4 nitrogen and oxygen atoms in total. The van der Waals surface area contributed by atoms with E-state index in [1.54, 1.807) is 6.07 Å². The average Bonchev–Trinajstić information content (AvgIpc) is 2.48. The van der Waals surface area contributed by atoms with Gasteiger partial charge in [-0.1, -0.05) is 18.6 Å². The van der Waals surface area contributed by atoms with Crippen molar-refractivity contribution >= 4 is 11.7 Å². The summed E-state index contributed by atoms with van der Waals surface area (Å²) in [6, 6.07) is 7.48. The van der Waals surface area contributed by atoms with E-state index in [0.29, 0.717) is 5.56 Å². The van der Waals surface area contributed by atoms with Crippen LogP contribution in [-0.2, 0) is 4.74 Å². The summed E-state index contributed by atoms with van der Waals surface area (Å²) >= 11 is 0. The average molecular weight is 262 g/mol. The molecule has 1 aromatic carbocycles. The number of nitrogens with zero attached hydrogens (tertiary/aromatic N) is 1. The molecule has 104 valence electrons. The number of nitrogens with one attached hydrogen (secondary N) is 1. The summed E-state index contributed by atoms with van der Waals surface area (Å²) in [6.45, 7) is 4.27. The largest absolute Gasteiger partial charge is 0.465 e. The topological polar surface area (TPSA) is 41.6 Å². The van der Waals surface area contributed by atoms with Crippen LogP contribution in [0, 0.1) is 0 Å². The molecule has 1 fully saturated rings. The molecular weight excluding hydrogens is 240 g/mol. The molecule has 1 heterocycles. The first-order chi connectivity index (χ1) is 9.31. The Balaban J connectivity index is 1.86. The molecule has 0 aromatic heterocycles. The van der Waals surface area contributed by atoms with E-state index in [1.807, 2.05) is 18.2 Å². The van der Waals surface area contributed by atoms with Crippen LogP contribution in [0.15, 0.2) is 24.3 Å². The normalized spacial score (nSPS) is 16.1. The van der Waals surface area contributed by atoms with Gasteiger partial charge in [-0.15, -0.1) is 0 Å². The predicted octanol–water partition coefficient (Wildman–Crippen LogP) is 2.37. The number of methoxy groups -OCH3 is 1. The molecule has 1 saturated heterocycles. The second kappa shape index (κ2) is 7.14. The van der Waals surface area contributed by atoms with Gasteiger partial charge in [0.05, 0.1) is 12.7 Å². The molecule has 2 rings (SSSR count). The Bertz CT molecular complexity index is 414. The number of esters is 1. The smallest absolute Gasteiger partial charge is 0.339 e. The monoisotopic (exact) mass is 262 g/mol. The van der Waals surface area contributed by atoms with Crippen LogP contribution in [0.5, 0.6) is 0 Å². The molecule has 0 aliphatic carbocycles. The van der Waals surface area contributed by atoms with Crippen molar-refractivity contribution < 1.29 is 9.53 Å². The second-order valence-corrected chi connectivity index (χ2v) is 4.87. The standard InChI is InChI=1S/C15H22N2O2/c1-19-15(18)13-7-3-4-8-14(13)16-9-12-17-10-5-2-6-11-17/h3-4,7-8,16H,2,5-6,9-12H2,1H3. The highest BCUT2D eigenvalue weighted by Gasteiger charge is 2.12. The zero-order valence-corrected chi connectivity index (χ0v) is 11.5. The van der Waals surface area contributed by atoms with Crippen molar-refractivity contribution in [2.75, 3.05) is 38.6 Å². The number of rotatable bonds is 5. The minimum atomic E-state index is -0.291. The minimum Gasteiger partial charge on any atom is -0.465 e. The van der Waals surface area contributed by atoms with E-state index in [1.165, 1.54) is 39.5 Å². The number of likely N-dealkylation sites (tertiary alicyclic amines) is 1. The highest BCUT2D eigenvalue weighted by atomic mass is 16.5. The van der Waals surface area contributed by atoms with Gasteiger partial charge in [-0.25, -0.2) is 4.79 Å². The minimum absolute atomic E-state index is 0.291. The molecule has 0 atom stereocenters. The number of benzene rings is 1. The van der Waals surface area contributed by atoms with E-state index in [2.05, 4.69) is 10.2 Å². The van der Waals surface area contributed by atoms with Gasteiger partial charge in [-0.3, -0.25) is 0 Å². The maximum atomic E-state index is 11.6. The van der Waals surface area contributed by atoms with Crippen molar-refractivity contribution in [3.05, 3.63) is 29.8 Å². The number of carbonyl (C=O) groups excluding carboxylic acids is 1. The first-order valence-corrected chi connectivity index (χ1v) is 6.95. The van der Waals surface area contributed by atoms with E-state index in [0.717, 1.165) is 18.8 Å². The summed E-state index contributed by atoms with van der Waals surface area (Å²) in [5, 5.41) is 3.33. The fraction of sp³-hybridized carbons (Fsp3) is 0.533. The molecule has 1 aliphatic heterocycles. The summed E-state index contributed by atoms with van der Waals surface area (Å²) < 4.78 is 4.78.